The minimum atomic E-state index is -2.48. The Morgan fingerprint density at radius 3 is 2.95 bits per heavy atom. The number of nitrogens with zero attached hydrogens (tertiary/aromatic N) is 3. The van der Waals surface area contributed by atoms with E-state index in [2.05, 4.69) is 14.9 Å². The maximum absolute atomic E-state index is 10.7. The molecule has 0 bridgehead atoms. The highest BCUT2D eigenvalue weighted by molar-refractivity contribution is 8.03. The van der Waals surface area contributed by atoms with Gasteiger partial charge in [-0.05, 0) is 24.9 Å². The summed E-state index contributed by atoms with van der Waals surface area (Å²) in [4.78, 5) is 11.2. The fourth-order valence-corrected chi connectivity index (χ4v) is 3.59. The Hall–Kier alpha value is -1.16. The lowest BCUT2D eigenvalue weighted by Crippen LogP contribution is -2.19. The second kappa shape index (κ2) is 6.73. The van der Waals surface area contributed by atoms with E-state index in [-0.39, 0.29) is 6.42 Å². The van der Waals surface area contributed by atoms with Gasteiger partial charge in [-0.2, -0.15) is 0 Å². The first kappa shape index (κ1) is 16.2. The van der Waals surface area contributed by atoms with Gasteiger partial charge in [-0.1, -0.05) is 0 Å². The molecule has 2 unspecified atom stereocenters. The molecule has 0 saturated heterocycles. The van der Waals surface area contributed by atoms with Crippen molar-refractivity contribution in [3.05, 3.63) is 28.2 Å². The Kier molecular flexibility index (Phi) is 5.20. The van der Waals surface area contributed by atoms with Crippen LogP contribution in [0.15, 0.2) is 16.8 Å². The topological polar surface area (TPSA) is 115 Å². The summed E-state index contributed by atoms with van der Waals surface area (Å²) in [7, 11) is 0. The zero-order valence-corrected chi connectivity index (χ0v) is 13.4. The molecule has 0 fully saturated rings. The summed E-state index contributed by atoms with van der Waals surface area (Å²) >= 11 is -0.954. The van der Waals surface area contributed by atoms with Crippen LogP contribution in [0.2, 0.25) is 0 Å². The molecule has 2 atom stereocenters. The average molecular weight is 329 g/mol. The lowest BCUT2D eigenvalue weighted by molar-refractivity contribution is 0.245. The minimum absolute atomic E-state index is 0.114. The molecule has 9 heteroatoms. The van der Waals surface area contributed by atoms with Crippen LogP contribution in [-0.2, 0) is 17.6 Å². The number of aromatic nitrogens is 2. The molecular weight excluding hydrogens is 312 g/mol. The summed E-state index contributed by atoms with van der Waals surface area (Å²) in [6, 6.07) is 0. The van der Waals surface area contributed by atoms with Crippen LogP contribution >= 0.6 is 11.8 Å². The summed E-state index contributed by atoms with van der Waals surface area (Å²) < 4.78 is 21.4. The van der Waals surface area contributed by atoms with Crippen LogP contribution in [0.25, 0.3) is 0 Å². The van der Waals surface area contributed by atoms with Crippen LogP contribution in [0.4, 0.5) is 5.82 Å². The van der Waals surface area contributed by atoms with E-state index in [9.17, 15) is 13.9 Å². The Morgan fingerprint density at radius 1 is 1.62 bits per heavy atom. The lowest BCUT2D eigenvalue weighted by Gasteiger charge is -2.20. The van der Waals surface area contributed by atoms with Gasteiger partial charge < -0.3 is 20.3 Å². The first-order chi connectivity index (χ1) is 9.88. The molecule has 1 aromatic rings. The van der Waals surface area contributed by atoms with E-state index in [0.717, 1.165) is 16.2 Å². The van der Waals surface area contributed by atoms with Gasteiger partial charge in [-0.15, -0.1) is 11.8 Å². The van der Waals surface area contributed by atoms with Gasteiger partial charge in [0, 0.05) is 35.3 Å². The number of aryl methyl sites for hydroxylation is 1. The van der Waals surface area contributed by atoms with E-state index in [1.807, 2.05) is 6.92 Å². The number of anilines is 1. The van der Waals surface area contributed by atoms with Crippen molar-refractivity contribution in [1.29, 1.82) is 0 Å². The van der Waals surface area contributed by atoms with Gasteiger partial charge in [0.25, 0.3) is 0 Å². The first-order valence-electron chi connectivity index (χ1n) is 6.30. The third kappa shape index (κ3) is 3.94. The molecule has 116 valence electrons. The van der Waals surface area contributed by atoms with Crippen molar-refractivity contribution in [2.45, 2.75) is 32.2 Å². The van der Waals surface area contributed by atoms with Crippen molar-refractivity contribution < 1.29 is 13.9 Å². The van der Waals surface area contributed by atoms with Crippen molar-refractivity contribution in [1.82, 2.24) is 14.9 Å². The van der Waals surface area contributed by atoms with Gasteiger partial charge >= 0.3 is 0 Å². The number of rotatable bonds is 5. The summed E-state index contributed by atoms with van der Waals surface area (Å²) in [5, 5.41) is 9.44. The van der Waals surface area contributed by atoms with E-state index in [1.165, 1.54) is 11.8 Å². The fourth-order valence-electron chi connectivity index (χ4n) is 1.97. The number of thioether (sulfide) groups is 1. The van der Waals surface area contributed by atoms with Crippen LogP contribution in [0.1, 0.15) is 24.7 Å². The lowest BCUT2D eigenvalue weighted by atomic mass is 10.2. The molecule has 1 aliphatic heterocycles. The zero-order valence-electron chi connectivity index (χ0n) is 11.8. The second-order valence-electron chi connectivity index (χ2n) is 4.73. The molecule has 7 nitrogen and oxygen atoms in total. The van der Waals surface area contributed by atoms with Crippen LogP contribution in [0.5, 0.6) is 0 Å². The third-order valence-electron chi connectivity index (χ3n) is 3.23. The number of hydrogen-bond acceptors (Lipinski definition) is 8. The average Bonchev–Trinajstić information content (AvgIpc) is 2.74. The molecule has 0 spiro atoms. The van der Waals surface area contributed by atoms with Gasteiger partial charge in [0.15, 0.2) is 0 Å². The minimum Gasteiger partial charge on any atom is -0.770 e. The van der Waals surface area contributed by atoms with E-state index in [0.29, 0.717) is 24.1 Å². The largest absolute Gasteiger partial charge is 0.770 e. The standard InChI is InChI=1S/C12H18N4O3S2/c1-7-10(3-11(17)21(18)19)20-6-16(7)5-9-4-14-8(2)15-12(9)13/h4,11,17H,3,5-6H2,1-2H3,(H,18,19)(H2,13,14,15)/p-1. The van der Waals surface area contributed by atoms with Gasteiger partial charge in [-0.25, -0.2) is 9.97 Å². The van der Waals surface area contributed by atoms with Crippen molar-refractivity contribution >= 4 is 28.7 Å². The molecule has 1 aliphatic rings. The maximum atomic E-state index is 10.7. The molecule has 21 heavy (non-hydrogen) atoms. The molecule has 0 amide bonds. The summed E-state index contributed by atoms with van der Waals surface area (Å²) in [5.41, 5.74) is 6.29. The SMILES string of the molecule is CC1=C(CC(O)S(=O)[O-])SCN1Cc1cnc(C)nc1N. The predicted octanol–water partition coefficient (Wildman–Crippen LogP) is 0.693. The first-order valence-corrected chi connectivity index (χ1v) is 8.42. The second-order valence-corrected chi connectivity index (χ2v) is 6.83. The normalized spacial score (nSPS) is 18.2. The number of nitrogen functional groups attached to an aromatic ring is 1. The number of nitrogens with two attached hydrogens (primary N) is 1. The summed E-state index contributed by atoms with van der Waals surface area (Å²) in [5.74, 6) is 1.77. The van der Waals surface area contributed by atoms with Gasteiger partial charge in [-0.3, -0.25) is 4.21 Å². The molecule has 0 aliphatic carbocycles. The zero-order chi connectivity index (χ0) is 15.6. The van der Waals surface area contributed by atoms with Crippen molar-refractivity contribution in [3.63, 3.8) is 0 Å². The van der Waals surface area contributed by atoms with E-state index in [1.54, 1.807) is 13.1 Å². The Morgan fingerprint density at radius 2 is 2.33 bits per heavy atom. The van der Waals surface area contributed by atoms with E-state index in [4.69, 9.17) is 5.73 Å². The molecule has 1 aromatic heterocycles. The van der Waals surface area contributed by atoms with E-state index < -0.39 is 16.5 Å². The number of hydrogen-bond donors (Lipinski definition) is 2. The van der Waals surface area contributed by atoms with Gasteiger partial charge in [0.2, 0.25) is 0 Å². The summed E-state index contributed by atoms with van der Waals surface area (Å²) in [6.07, 6.45) is 1.82. The molecule has 0 aromatic carbocycles. The highest BCUT2D eigenvalue weighted by Crippen LogP contribution is 2.36. The van der Waals surface area contributed by atoms with E-state index >= 15 is 0 Å². The fraction of sp³-hybridized carbons (Fsp3) is 0.500. The Bertz CT molecular complexity index is 594. The van der Waals surface area contributed by atoms with Crippen LogP contribution in [-0.4, -0.2) is 40.0 Å². The van der Waals surface area contributed by atoms with Crippen LogP contribution in [0, 0.1) is 6.92 Å². The quantitative estimate of drug-likeness (QED) is 0.758. The van der Waals surface area contributed by atoms with Crippen molar-refractivity contribution in [2.75, 3.05) is 11.6 Å². The van der Waals surface area contributed by atoms with Crippen molar-refractivity contribution in [2.24, 2.45) is 0 Å². The summed E-state index contributed by atoms with van der Waals surface area (Å²) in [6.45, 7) is 4.24. The molecule has 3 N–H and O–H groups in total. The molecule has 2 heterocycles. The predicted molar refractivity (Wildman–Crippen MR) is 81.4 cm³/mol. The number of aliphatic hydroxyl groups is 1. The molecule has 2 rings (SSSR count). The number of aliphatic hydroxyl groups excluding tert-OH is 1. The molecular formula is C12H17N4O3S2-. The maximum Gasteiger partial charge on any atom is 0.132 e. The van der Waals surface area contributed by atoms with Crippen LogP contribution in [0.3, 0.4) is 0 Å². The molecule has 0 radical (unpaired) electrons. The van der Waals surface area contributed by atoms with Gasteiger partial charge in [0.1, 0.15) is 17.1 Å². The van der Waals surface area contributed by atoms with Crippen molar-refractivity contribution in [3.8, 4) is 0 Å². The van der Waals surface area contributed by atoms with Crippen LogP contribution < -0.4 is 5.73 Å². The monoisotopic (exact) mass is 329 g/mol. The smallest absolute Gasteiger partial charge is 0.132 e. The highest BCUT2D eigenvalue weighted by Gasteiger charge is 2.23. The molecule has 0 saturated carbocycles. The highest BCUT2D eigenvalue weighted by atomic mass is 32.2. The Balaban J connectivity index is 2.08. The number of allylic oxidation sites excluding steroid dienone is 1. The Labute approximate surface area is 129 Å². The third-order valence-corrected chi connectivity index (χ3v) is 5.10. The van der Waals surface area contributed by atoms with Gasteiger partial charge in [0.05, 0.1) is 5.88 Å².